The van der Waals surface area contributed by atoms with Crippen LogP contribution in [-0.2, 0) is 4.74 Å². The number of alkyl carbamates (subject to hydrolysis) is 1. The van der Waals surface area contributed by atoms with Crippen molar-refractivity contribution in [3.05, 3.63) is 22.4 Å². The monoisotopic (exact) mass is 383 g/mol. The van der Waals surface area contributed by atoms with Gasteiger partial charge < -0.3 is 25.6 Å². The van der Waals surface area contributed by atoms with Crippen LogP contribution in [0.15, 0.2) is 22.5 Å². The quantitative estimate of drug-likeness (QED) is 0.365. The van der Waals surface area contributed by atoms with Crippen molar-refractivity contribution in [3.63, 3.8) is 0 Å². The molecule has 0 aromatic carbocycles. The summed E-state index contributed by atoms with van der Waals surface area (Å²) in [5.41, 5.74) is -0.472. The molecule has 0 saturated heterocycles. The smallest absolute Gasteiger partial charge is 0.407 e. The molecule has 1 rings (SSSR count). The van der Waals surface area contributed by atoms with Crippen LogP contribution in [0.25, 0.3) is 0 Å². The minimum Gasteiger partial charge on any atom is -0.444 e. The maximum absolute atomic E-state index is 11.6. The number of carbonyl (C=O) groups is 1. The molecule has 26 heavy (non-hydrogen) atoms. The average molecular weight is 384 g/mol. The highest BCUT2D eigenvalue weighted by atomic mass is 32.1. The number of amides is 1. The van der Waals surface area contributed by atoms with Crippen LogP contribution in [0.4, 0.5) is 4.79 Å². The Kier molecular flexibility index (Phi) is 9.43. The summed E-state index contributed by atoms with van der Waals surface area (Å²) in [4.78, 5) is 19.3. The summed E-state index contributed by atoms with van der Waals surface area (Å²) in [6, 6.07) is 4.51. The van der Waals surface area contributed by atoms with Crippen LogP contribution in [0, 0.1) is 0 Å². The summed E-state index contributed by atoms with van der Waals surface area (Å²) in [7, 11) is 5.90. The van der Waals surface area contributed by atoms with Gasteiger partial charge in [-0.2, -0.15) is 0 Å². The lowest BCUT2D eigenvalue weighted by molar-refractivity contribution is 0.0527. The molecule has 0 spiro atoms. The van der Waals surface area contributed by atoms with Crippen molar-refractivity contribution in [1.29, 1.82) is 0 Å². The molecule has 0 saturated carbocycles. The van der Waals surface area contributed by atoms with Gasteiger partial charge in [0.25, 0.3) is 0 Å². The molecule has 1 atom stereocenters. The highest BCUT2D eigenvalue weighted by molar-refractivity contribution is 7.10. The third-order valence-electron chi connectivity index (χ3n) is 3.50. The summed E-state index contributed by atoms with van der Waals surface area (Å²) in [6.45, 7) is 7.57. The van der Waals surface area contributed by atoms with E-state index in [0.29, 0.717) is 19.1 Å². The molecule has 0 fully saturated rings. The van der Waals surface area contributed by atoms with Crippen molar-refractivity contribution in [2.45, 2.75) is 38.8 Å². The topological polar surface area (TPSA) is 78.0 Å². The van der Waals surface area contributed by atoms with E-state index >= 15 is 0 Å². The van der Waals surface area contributed by atoms with Crippen molar-refractivity contribution in [3.8, 4) is 0 Å². The van der Waals surface area contributed by atoms with Crippen molar-refractivity contribution < 1.29 is 9.53 Å². The van der Waals surface area contributed by atoms with Crippen molar-refractivity contribution in [2.75, 3.05) is 40.8 Å². The molecule has 1 heterocycles. The maximum atomic E-state index is 11.6. The number of thiophene rings is 1. The first-order valence-corrected chi connectivity index (χ1v) is 9.72. The zero-order chi connectivity index (χ0) is 19.6. The largest absolute Gasteiger partial charge is 0.444 e. The first kappa shape index (κ1) is 22.2. The highest BCUT2D eigenvalue weighted by Gasteiger charge is 2.16. The van der Waals surface area contributed by atoms with Crippen LogP contribution in [0.2, 0.25) is 0 Å². The van der Waals surface area contributed by atoms with Gasteiger partial charge in [-0.1, -0.05) is 6.07 Å². The second-order valence-corrected chi connectivity index (χ2v) is 8.14. The van der Waals surface area contributed by atoms with Crippen LogP contribution in [0.3, 0.4) is 0 Å². The Balaban J connectivity index is 2.28. The van der Waals surface area contributed by atoms with Gasteiger partial charge in [0.15, 0.2) is 5.96 Å². The Labute approximate surface area is 161 Å². The minimum absolute atomic E-state index is 0.294. The van der Waals surface area contributed by atoms with E-state index in [-0.39, 0.29) is 6.09 Å². The second kappa shape index (κ2) is 11.0. The van der Waals surface area contributed by atoms with E-state index in [0.717, 1.165) is 18.9 Å². The normalized spacial score (nSPS) is 13.4. The first-order valence-electron chi connectivity index (χ1n) is 8.84. The number of aliphatic imine (C=N–C) groups is 1. The Bertz CT molecular complexity index is 552. The van der Waals surface area contributed by atoms with E-state index in [2.05, 4.69) is 57.5 Å². The van der Waals surface area contributed by atoms with Gasteiger partial charge in [-0.25, -0.2) is 4.79 Å². The Hall–Kier alpha value is -1.80. The van der Waals surface area contributed by atoms with Crippen LogP contribution in [0.5, 0.6) is 0 Å². The lowest BCUT2D eigenvalue weighted by atomic mass is 10.2. The van der Waals surface area contributed by atoms with Gasteiger partial charge in [-0.05, 0) is 52.7 Å². The molecular formula is C18H33N5O2S. The number of likely N-dealkylation sites (N-methyl/N-ethyl adjacent to an activating group) is 1. The predicted octanol–water partition coefficient (Wildman–Crippen LogP) is 2.43. The van der Waals surface area contributed by atoms with Gasteiger partial charge in [0, 0.05) is 31.6 Å². The second-order valence-electron chi connectivity index (χ2n) is 7.16. The predicted molar refractivity (Wildman–Crippen MR) is 109 cm³/mol. The lowest BCUT2D eigenvalue weighted by Crippen LogP contribution is -2.42. The molecule has 3 N–H and O–H groups in total. The van der Waals surface area contributed by atoms with Gasteiger partial charge in [-0.15, -0.1) is 11.3 Å². The zero-order valence-corrected chi connectivity index (χ0v) is 17.6. The van der Waals surface area contributed by atoms with E-state index < -0.39 is 5.60 Å². The fourth-order valence-corrected chi connectivity index (χ4v) is 3.15. The standard InChI is InChI=1S/C18H33N5O2S/c1-18(2,3)25-17(24)21-11-8-10-20-16(19-4)22-13-14(23(5)6)15-9-7-12-26-15/h7,9,12,14H,8,10-11,13H2,1-6H3,(H,21,24)(H2,19,20,22). The van der Waals surface area contributed by atoms with Crippen molar-refractivity contribution >= 4 is 23.4 Å². The number of rotatable bonds is 8. The van der Waals surface area contributed by atoms with Gasteiger partial charge >= 0.3 is 6.09 Å². The summed E-state index contributed by atoms with van der Waals surface area (Å²) >= 11 is 1.76. The first-order chi connectivity index (χ1) is 12.2. The molecule has 0 aliphatic carbocycles. The van der Waals surface area contributed by atoms with E-state index in [1.54, 1.807) is 18.4 Å². The lowest BCUT2D eigenvalue weighted by Gasteiger charge is -2.24. The maximum Gasteiger partial charge on any atom is 0.407 e. The number of hydrogen-bond donors (Lipinski definition) is 3. The third kappa shape index (κ3) is 9.05. The average Bonchev–Trinajstić information content (AvgIpc) is 3.04. The summed E-state index contributed by atoms with van der Waals surface area (Å²) in [6.07, 6.45) is 0.395. The minimum atomic E-state index is -0.472. The third-order valence-corrected chi connectivity index (χ3v) is 4.47. The molecule has 0 aliphatic rings. The van der Waals surface area contributed by atoms with Gasteiger partial charge in [0.1, 0.15) is 5.60 Å². The molecular weight excluding hydrogens is 350 g/mol. The van der Waals surface area contributed by atoms with E-state index in [1.807, 2.05) is 20.8 Å². The summed E-state index contributed by atoms with van der Waals surface area (Å²) in [5, 5.41) is 11.5. The highest BCUT2D eigenvalue weighted by Crippen LogP contribution is 2.22. The van der Waals surface area contributed by atoms with Gasteiger partial charge in [0.05, 0.1) is 6.04 Å². The molecule has 148 valence electrons. The number of hydrogen-bond acceptors (Lipinski definition) is 5. The van der Waals surface area contributed by atoms with E-state index in [1.165, 1.54) is 4.88 Å². The van der Waals surface area contributed by atoms with Crippen LogP contribution >= 0.6 is 11.3 Å². The summed E-state index contributed by atoms with van der Waals surface area (Å²) in [5.74, 6) is 0.755. The van der Waals surface area contributed by atoms with Gasteiger partial charge in [-0.3, -0.25) is 4.99 Å². The fraction of sp³-hybridized carbons (Fsp3) is 0.667. The number of ether oxygens (including phenoxy) is 1. The molecule has 0 radical (unpaired) electrons. The molecule has 8 heteroatoms. The number of carbonyl (C=O) groups excluding carboxylic acids is 1. The van der Waals surface area contributed by atoms with Gasteiger partial charge in [0.2, 0.25) is 0 Å². The molecule has 7 nitrogen and oxygen atoms in total. The molecule has 0 bridgehead atoms. The summed E-state index contributed by atoms with van der Waals surface area (Å²) < 4.78 is 5.20. The van der Waals surface area contributed by atoms with Crippen LogP contribution in [0.1, 0.15) is 38.1 Å². The van der Waals surface area contributed by atoms with E-state index in [4.69, 9.17) is 4.74 Å². The van der Waals surface area contributed by atoms with Crippen molar-refractivity contribution in [2.24, 2.45) is 4.99 Å². The van der Waals surface area contributed by atoms with Crippen molar-refractivity contribution in [1.82, 2.24) is 20.9 Å². The zero-order valence-electron chi connectivity index (χ0n) is 16.8. The number of nitrogens with one attached hydrogen (secondary N) is 3. The SMILES string of the molecule is CN=C(NCCCNC(=O)OC(C)(C)C)NCC(c1cccs1)N(C)C. The molecule has 0 aliphatic heterocycles. The van der Waals surface area contributed by atoms with Crippen LogP contribution in [-0.4, -0.2) is 63.3 Å². The fourth-order valence-electron chi connectivity index (χ4n) is 2.23. The molecule has 1 unspecified atom stereocenters. The Morgan fingerprint density at radius 2 is 1.96 bits per heavy atom. The number of nitrogens with zero attached hydrogens (tertiary/aromatic N) is 2. The van der Waals surface area contributed by atoms with E-state index in [9.17, 15) is 4.79 Å². The Morgan fingerprint density at radius 1 is 1.27 bits per heavy atom. The van der Waals surface area contributed by atoms with Crippen LogP contribution < -0.4 is 16.0 Å². The molecule has 1 aromatic rings. The molecule has 1 amide bonds. The molecule has 1 aromatic heterocycles. The Morgan fingerprint density at radius 3 is 2.50 bits per heavy atom. The number of guanidine groups is 1.